The van der Waals surface area contributed by atoms with Crippen molar-refractivity contribution in [2.75, 3.05) is 29.9 Å². The molecule has 0 radical (unpaired) electrons. The molecule has 2 saturated heterocycles. The van der Waals surface area contributed by atoms with Crippen molar-refractivity contribution in [1.29, 1.82) is 0 Å². The van der Waals surface area contributed by atoms with Crippen LogP contribution in [-0.4, -0.2) is 57.0 Å². The van der Waals surface area contributed by atoms with Gasteiger partial charge in [0.25, 0.3) is 0 Å². The highest BCUT2D eigenvalue weighted by Crippen LogP contribution is 2.32. The lowest BCUT2D eigenvalue weighted by atomic mass is 10.2. The second kappa shape index (κ2) is 6.83. The van der Waals surface area contributed by atoms with Crippen LogP contribution in [0.15, 0.2) is 23.8 Å². The maximum Gasteiger partial charge on any atom is 0.318 e. The lowest BCUT2D eigenvalue weighted by Crippen LogP contribution is -2.58. The predicted molar refractivity (Wildman–Crippen MR) is 97.4 cm³/mol. The molecular weight excluding hydrogens is 338 g/mol. The molecule has 2 aliphatic rings. The van der Waals surface area contributed by atoms with Crippen LogP contribution in [0.5, 0.6) is 0 Å². The number of hydrogen-bond donors (Lipinski definition) is 2. The lowest BCUT2D eigenvalue weighted by molar-refractivity contribution is 0.162. The molecule has 4 heterocycles. The highest BCUT2D eigenvalue weighted by atomic mass is 32.1. The zero-order valence-electron chi connectivity index (χ0n) is 14.1. The fraction of sp³-hybridized carbons (Fsp3) is 0.500. The van der Waals surface area contributed by atoms with Gasteiger partial charge in [0.2, 0.25) is 5.95 Å². The minimum Gasteiger partial charge on any atom is -0.352 e. The Kier molecular flexibility index (Phi) is 4.39. The van der Waals surface area contributed by atoms with E-state index in [9.17, 15) is 4.79 Å². The number of nitrogens with one attached hydrogen (secondary N) is 2. The minimum atomic E-state index is 0.0599. The van der Waals surface area contributed by atoms with E-state index in [1.165, 1.54) is 11.5 Å². The van der Waals surface area contributed by atoms with Gasteiger partial charge in [-0.3, -0.25) is 0 Å². The number of nitrogens with zero attached hydrogens (tertiary/aromatic N) is 5. The number of carbonyl (C=O) groups is 1. The SMILES string of the molecule is CCNC(=O)N1C2CCC1CN(c1ccnc(Nc3cnsc3)n1)C2. The summed E-state index contributed by atoms with van der Waals surface area (Å²) < 4.78 is 4.07. The van der Waals surface area contributed by atoms with Crippen LogP contribution in [0.2, 0.25) is 0 Å². The number of carbonyl (C=O) groups excluding carboxylic acids is 1. The maximum atomic E-state index is 12.3. The molecule has 8 nitrogen and oxygen atoms in total. The van der Waals surface area contributed by atoms with E-state index in [1.54, 1.807) is 12.4 Å². The third-order valence-corrected chi connectivity index (χ3v) is 5.28. The number of fused-ring (bicyclic) bond motifs is 2. The van der Waals surface area contributed by atoms with Gasteiger partial charge in [0.05, 0.1) is 24.0 Å². The number of amides is 2. The Morgan fingerprint density at radius 2 is 2.16 bits per heavy atom. The summed E-state index contributed by atoms with van der Waals surface area (Å²) in [6, 6.07) is 2.48. The van der Waals surface area contributed by atoms with E-state index >= 15 is 0 Å². The van der Waals surface area contributed by atoms with Crippen molar-refractivity contribution in [2.24, 2.45) is 0 Å². The Morgan fingerprint density at radius 3 is 2.84 bits per heavy atom. The molecule has 2 N–H and O–H groups in total. The van der Waals surface area contributed by atoms with Gasteiger partial charge in [-0.15, -0.1) is 0 Å². The topological polar surface area (TPSA) is 86.3 Å². The van der Waals surface area contributed by atoms with Gasteiger partial charge in [-0.1, -0.05) is 0 Å². The number of piperazine rings is 1. The van der Waals surface area contributed by atoms with Crippen LogP contribution in [0, 0.1) is 0 Å². The van der Waals surface area contributed by atoms with Crippen molar-refractivity contribution in [3.05, 3.63) is 23.8 Å². The summed E-state index contributed by atoms with van der Waals surface area (Å²) in [5, 5.41) is 8.02. The van der Waals surface area contributed by atoms with Crippen LogP contribution < -0.4 is 15.5 Å². The van der Waals surface area contributed by atoms with Gasteiger partial charge in [-0.2, -0.15) is 9.36 Å². The summed E-state index contributed by atoms with van der Waals surface area (Å²) in [7, 11) is 0. The van der Waals surface area contributed by atoms with Crippen LogP contribution in [0.3, 0.4) is 0 Å². The molecule has 2 aromatic rings. The van der Waals surface area contributed by atoms with Crippen molar-refractivity contribution in [2.45, 2.75) is 31.8 Å². The number of anilines is 3. The van der Waals surface area contributed by atoms with E-state index in [1.807, 2.05) is 23.3 Å². The van der Waals surface area contributed by atoms with Gasteiger partial charge in [0.15, 0.2) is 0 Å². The maximum absolute atomic E-state index is 12.3. The molecular formula is C16H21N7OS. The molecule has 9 heteroatoms. The second-order valence-electron chi connectivity index (χ2n) is 6.31. The molecule has 2 aromatic heterocycles. The first-order chi connectivity index (χ1) is 12.2. The highest BCUT2D eigenvalue weighted by molar-refractivity contribution is 7.04. The molecule has 4 rings (SSSR count). The molecule has 0 aromatic carbocycles. The van der Waals surface area contributed by atoms with Crippen molar-refractivity contribution in [3.8, 4) is 0 Å². The van der Waals surface area contributed by atoms with Crippen LogP contribution in [0.25, 0.3) is 0 Å². The van der Waals surface area contributed by atoms with Gasteiger partial charge in [0.1, 0.15) is 5.82 Å². The fourth-order valence-corrected chi connectivity index (χ4v) is 4.11. The van der Waals surface area contributed by atoms with Gasteiger partial charge < -0.3 is 20.4 Å². The van der Waals surface area contributed by atoms with Crippen molar-refractivity contribution < 1.29 is 4.79 Å². The molecule has 132 valence electrons. The Balaban J connectivity index is 1.48. The standard InChI is InChI=1S/C16H21N7OS/c1-2-17-16(24)23-12-3-4-13(23)9-22(8-12)14-5-6-18-15(21-14)20-11-7-19-25-10-11/h5-7,10,12-13H,2-4,8-9H2,1H3,(H,17,24)(H,18,20,21). The summed E-state index contributed by atoms with van der Waals surface area (Å²) in [5.41, 5.74) is 0.892. The first kappa shape index (κ1) is 16.1. The fourth-order valence-electron chi connectivity index (χ4n) is 3.65. The first-order valence-electron chi connectivity index (χ1n) is 8.55. The molecule has 0 saturated carbocycles. The van der Waals surface area contributed by atoms with E-state index in [0.29, 0.717) is 12.5 Å². The first-order valence-corrected chi connectivity index (χ1v) is 9.39. The van der Waals surface area contributed by atoms with Crippen molar-refractivity contribution >= 4 is 35.0 Å². The number of urea groups is 1. The van der Waals surface area contributed by atoms with Crippen LogP contribution in [0.1, 0.15) is 19.8 Å². The molecule has 0 spiro atoms. The number of hydrogen-bond acceptors (Lipinski definition) is 7. The van der Waals surface area contributed by atoms with Gasteiger partial charge >= 0.3 is 6.03 Å². The smallest absolute Gasteiger partial charge is 0.318 e. The molecule has 2 atom stereocenters. The molecule has 2 aliphatic heterocycles. The van der Waals surface area contributed by atoms with Gasteiger partial charge in [-0.25, -0.2) is 9.78 Å². The Morgan fingerprint density at radius 1 is 1.36 bits per heavy atom. The third-order valence-electron chi connectivity index (χ3n) is 4.70. The van der Waals surface area contributed by atoms with E-state index in [0.717, 1.165) is 37.4 Å². The number of rotatable bonds is 4. The molecule has 2 bridgehead atoms. The Bertz CT molecular complexity index is 724. The molecule has 25 heavy (non-hydrogen) atoms. The summed E-state index contributed by atoms with van der Waals surface area (Å²) >= 11 is 1.38. The molecule has 2 fully saturated rings. The van der Waals surface area contributed by atoms with E-state index in [-0.39, 0.29) is 18.1 Å². The van der Waals surface area contributed by atoms with Crippen LogP contribution in [0.4, 0.5) is 22.2 Å². The lowest BCUT2D eigenvalue weighted by Gasteiger charge is -2.41. The van der Waals surface area contributed by atoms with E-state index < -0.39 is 0 Å². The largest absolute Gasteiger partial charge is 0.352 e. The average molecular weight is 359 g/mol. The quantitative estimate of drug-likeness (QED) is 0.869. The zero-order chi connectivity index (χ0) is 17.2. The highest BCUT2D eigenvalue weighted by Gasteiger charge is 2.42. The van der Waals surface area contributed by atoms with Crippen LogP contribution >= 0.6 is 11.5 Å². The normalized spacial score (nSPS) is 22.1. The van der Waals surface area contributed by atoms with E-state index in [2.05, 4.69) is 29.9 Å². The number of aromatic nitrogens is 3. The monoisotopic (exact) mass is 359 g/mol. The minimum absolute atomic E-state index is 0.0599. The summed E-state index contributed by atoms with van der Waals surface area (Å²) in [6.45, 7) is 4.24. The van der Waals surface area contributed by atoms with Crippen molar-refractivity contribution in [3.63, 3.8) is 0 Å². The van der Waals surface area contributed by atoms with Gasteiger partial charge in [0, 0.05) is 31.2 Å². The summed E-state index contributed by atoms with van der Waals surface area (Å²) in [6.07, 6.45) is 5.62. The predicted octanol–water partition coefficient (Wildman–Crippen LogP) is 2.06. The van der Waals surface area contributed by atoms with Crippen molar-refractivity contribution in [1.82, 2.24) is 24.6 Å². The van der Waals surface area contributed by atoms with E-state index in [4.69, 9.17) is 0 Å². The zero-order valence-corrected chi connectivity index (χ0v) is 14.9. The molecule has 2 amide bonds. The third kappa shape index (κ3) is 3.23. The molecule has 0 aliphatic carbocycles. The summed E-state index contributed by atoms with van der Waals surface area (Å²) in [5.74, 6) is 1.46. The summed E-state index contributed by atoms with van der Waals surface area (Å²) in [4.78, 5) is 25.5. The Hall–Kier alpha value is -2.42. The van der Waals surface area contributed by atoms with Gasteiger partial charge in [-0.05, 0) is 37.4 Å². The van der Waals surface area contributed by atoms with Crippen LogP contribution in [-0.2, 0) is 0 Å². The Labute approximate surface area is 150 Å². The molecule has 2 unspecified atom stereocenters. The average Bonchev–Trinajstić information content (AvgIpc) is 3.21. The second-order valence-corrected chi connectivity index (χ2v) is 6.97.